The van der Waals surface area contributed by atoms with Crippen molar-refractivity contribution in [3.8, 4) is 41.5 Å². The van der Waals surface area contributed by atoms with E-state index in [1.54, 1.807) is 36.4 Å². The van der Waals surface area contributed by atoms with Gasteiger partial charge in [-0.15, -0.1) is 0 Å². The molecule has 6 nitrogen and oxygen atoms in total. The van der Waals surface area contributed by atoms with E-state index in [-0.39, 0.29) is 0 Å². The Morgan fingerprint density at radius 3 is 1.51 bits per heavy atom. The van der Waals surface area contributed by atoms with E-state index in [9.17, 15) is 26.3 Å². The fourth-order valence-corrected chi connectivity index (χ4v) is 4.60. The highest BCUT2D eigenvalue weighted by molar-refractivity contribution is 6.01. The van der Waals surface area contributed by atoms with Crippen molar-refractivity contribution < 1.29 is 0 Å². The topological polar surface area (TPSA) is 122 Å². The molecule has 5 aromatic carbocycles. The lowest BCUT2D eigenvalue weighted by Crippen LogP contribution is -2.11. The standard InChI is InChI=1S/C33H16N6/c34-17-22-11-23(18-35)14-28(13-22)26-5-8-29(9-6-26)39(30-15-24(19-36)12-25(16-30)20-37)33-10-7-27(21-38)31-3-1-2-4-32(31)33/h1-16H. The van der Waals surface area contributed by atoms with Gasteiger partial charge < -0.3 is 4.90 Å². The summed E-state index contributed by atoms with van der Waals surface area (Å²) >= 11 is 0. The van der Waals surface area contributed by atoms with Gasteiger partial charge in [0.15, 0.2) is 0 Å². The smallest absolute Gasteiger partial charge is 0.0998 e. The van der Waals surface area contributed by atoms with Crippen LogP contribution in [0, 0.1) is 56.7 Å². The van der Waals surface area contributed by atoms with Gasteiger partial charge in [0.2, 0.25) is 0 Å². The molecule has 0 aliphatic heterocycles. The first-order chi connectivity index (χ1) is 19.1. The van der Waals surface area contributed by atoms with Crippen LogP contribution in [0.15, 0.2) is 97.1 Å². The zero-order valence-electron chi connectivity index (χ0n) is 20.4. The Kier molecular flexibility index (Phi) is 6.42. The molecule has 0 bridgehead atoms. The number of nitrogens with zero attached hydrogens (tertiary/aromatic N) is 6. The second-order valence-corrected chi connectivity index (χ2v) is 8.69. The monoisotopic (exact) mass is 496 g/mol. The van der Waals surface area contributed by atoms with Crippen LogP contribution in [-0.4, -0.2) is 0 Å². The van der Waals surface area contributed by atoms with E-state index < -0.39 is 0 Å². The molecule has 0 atom stereocenters. The molecule has 5 aromatic rings. The Morgan fingerprint density at radius 1 is 0.436 bits per heavy atom. The van der Waals surface area contributed by atoms with Crippen LogP contribution in [0.5, 0.6) is 0 Å². The van der Waals surface area contributed by atoms with E-state index in [1.807, 2.05) is 59.5 Å². The maximum absolute atomic E-state index is 9.67. The molecule has 178 valence electrons. The molecule has 0 N–H and O–H groups in total. The van der Waals surface area contributed by atoms with Crippen LogP contribution >= 0.6 is 0 Å². The van der Waals surface area contributed by atoms with E-state index in [1.165, 1.54) is 6.07 Å². The molecule has 0 unspecified atom stereocenters. The lowest BCUT2D eigenvalue weighted by molar-refractivity contribution is 1.28. The average molecular weight is 497 g/mol. The predicted octanol–water partition coefficient (Wildman–Crippen LogP) is 7.34. The van der Waals surface area contributed by atoms with Crippen molar-refractivity contribution in [3.63, 3.8) is 0 Å². The minimum absolute atomic E-state index is 0.348. The Morgan fingerprint density at radius 2 is 0.974 bits per heavy atom. The van der Waals surface area contributed by atoms with Gasteiger partial charge in [0, 0.05) is 22.1 Å². The normalized spacial score (nSPS) is 9.92. The van der Waals surface area contributed by atoms with Gasteiger partial charge in [0.05, 0.1) is 63.9 Å². The van der Waals surface area contributed by atoms with Gasteiger partial charge >= 0.3 is 0 Å². The van der Waals surface area contributed by atoms with Gasteiger partial charge in [-0.3, -0.25) is 0 Å². The number of anilines is 3. The van der Waals surface area contributed by atoms with Crippen molar-refractivity contribution >= 4 is 27.8 Å². The number of benzene rings is 5. The van der Waals surface area contributed by atoms with Gasteiger partial charge in [0.1, 0.15) is 0 Å². The summed E-state index contributed by atoms with van der Waals surface area (Å²) in [5.41, 5.74) is 5.74. The molecule has 0 aromatic heterocycles. The number of fused-ring (bicyclic) bond motifs is 1. The minimum atomic E-state index is 0.348. The Bertz CT molecular complexity index is 1910. The first-order valence-electron chi connectivity index (χ1n) is 11.8. The molecule has 0 aliphatic carbocycles. The third-order valence-electron chi connectivity index (χ3n) is 6.35. The van der Waals surface area contributed by atoms with Gasteiger partial charge in [-0.1, -0.05) is 36.4 Å². The quantitative estimate of drug-likeness (QED) is 0.257. The van der Waals surface area contributed by atoms with Crippen molar-refractivity contribution in [1.82, 2.24) is 0 Å². The highest BCUT2D eigenvalue weighted by Gasteiger charge is 2.18. The summed E-state index contributed by atoms with van der Waals surface area (Å²) < 4.78 is 0. The summed E-state index contributed by atoms with van der Waals surface area (Å²) in [6.07, 6.45) is 0. The Balaban J connectivity index is 1.73. The highest BCUT2D eigenvalue weighted by atomic mass is 15.1. The third-order valence-corrected chi connectivity index (χ3v) is 6.35. The maximum atomic E-state index is 9.67. The van der Waals surface area contributed by atoms with Gasteiger partial charge in [-0.2, -0.15) is 26.3 Å². The molecule has 5 rings (SSSR count). The Hall–Kier alpha value is -6.39. The zero-order chi connectivity index (χ0) is 27.4. The van der Waals surface area contributed by atoms with Crippen LogP contribution in [0.1, 0.15) is 27.8 Å². The van der Waals surface area contributed by atoms with Crippen LogP contribution in [-0.2, 0) is 0 Å². The van der Waals surface area contributed by atoms with Crippen molar-refractivity contribution in [2.45, 2.75) is 0 Å². The van der Waals surface area contributed by atoms with E-state index in [2.05, 4.69) is 30.3 Å². The second-order valence-electron chi connectivity index (χ2n) is 8.69. The molecule has 0 heterocycles. The van der Waals surface area contributed by atoms with Crippen molar-refractivity contribution in [1.29, 1.82) is 26.3 Å². The highest BCUT2D eigenvalue weighted by Crippen LogP contribution is 2.41. The van der Waals surface area contributed by atoms with Crippen LogP contribution in [0.3, 0.4) is 0 Å². The first-order valence-corrected chi connectivity index (χ1v) is 11.8. The molecule has 0 spiro atoms. The first kappa shape index (κ1) is 24.3. The lowest BCUT2D eigenvalue weighted by atomic mass is 9.99. The van der Waals surface area contributed by atoms with Crippen LogP contribution in [0.4, 0.5) is 17.1 Å². The summed E-state index contributed by atoms with van der Waals surface area (Å²) in [7, 11) is 0. The van der Waals surface area contributed by atoms with E-state index in [0.717, 1.165) is 33.3 Å². The molecule has 6 heteroatoms. The number of nitriles is 5. The van der Waals surface area contributed by atoms with Gasteiger partial charge in [-0.25, -0.2) is 0 Å². The average Bonchev–Trinajstić information content (AvgIpc) is 3.01. The van der Waals surface area contributed by atoms with Crippen LogP contribution in [0.2, 0.25) is 0 Å². The fourth-order valence-electron chi connectivity index (χ4n) is 4.60. The summed E-state index contributed by atoms with van der Waals surface area (Å²) in [6, 6.07) is 39.5. The fraction of sp³-hybridized carbons (Fsp3) is 0. The molecule has 0 saturated heterocycles. The summed E-state index contributed by atoms with van der Waals surface area (Å²) in [4.78, 5) is 1.95. The molecule has 0 fully saturated rings. The molecular formula is C33H16N6. The summed E-state index contributed by atoms with van der Waals surface area (Å²) in [6.45, 7) is 0. The Labute approximate surface area is 225 Å². The van der Waals surface area contributed by atoms with Crippen molar-refractivity contribution in [2.24, 2.45) is 0 Å². The molecule has 0 aliphatic rings. The van der Waals surface area contributed by atoms with Crippen molar-refractivity contribution in [2.75, 3.05) is 4.90 Å². The van der Waals surface area contributed by atoms with Crippen molar-refractivity contribution in [3.05, 3.63) is 125 Å². The molecular weight excluding hydrogens is 480 g/mol. The van der Waals surface area contributed by atoms with E-state index in [0.29, 0.717) is 33.5 Å². The van der Waals surface area contributed by atoms with Crippen LogP contribution in [0.25, 0.3) is 21.9 Å². The predicted molar refractivity (Wildman–Crippen MR) is 148 cm³/mol. The SMILES string of the molecule is N#Cc1cc(C#N)cc(-c2ccc(N(c3cc(C#N)cc(C#N)c3)c3ccc(C#N)c4ccccc34)cc2)c1. The number of rotatable bonds is 4. The number of hydrogen-bond donors (Lipinski definition) is 0. The maximum Gasteiger partial charge on any atom is 0.0998 e. The van der Waals surface area contributed by atoms with E-state index in [4.69, 9.17) is 0 Å². The summed E-state index contributed by atoms with van der Waals surface area (Å²) in [5, 5.41) is 49.3. The third kappa shape index (κ3) is 4.60. The largest absolute Gasteiger partial charge is 0.310 e. The molecule has 0 amide bonds. The number of hydrogen-bond acceptors (Lipinski definition) is 6. The molecule has 0 saturated carbocycles. The molecule has 39 heavy (non-hydrogen) atoms. The van der Waals surface area contributed by atoms with Gasteiger partial charge in [-0.05, 0) is 71.8 Å². The van der Waals surface area contributed by atoms with Gasteiger partial charge in [0.25, 0.3) is 0 Å². The summed E-state index contributed by atoms with van der Waals surface area (Å²) in [5.74, 6) is 0. The molecule has 0 radical (unpaired) electrons. The minimum Gasteiger partial charge on any atom is -0.310 e. The zero-order valence-corrected chi connectivity index (χ0v) is 20.4. The second kappa shape index (κ2) is 10.3. The van der Waals surface area contributed by atoms with Crippen LogP contribution < -0.4 is 4.90 Å². The lowest BCUT2D eigenvalue weighted by Gasteiger charge is -2.27. The van der Waals surface area contributed by atoms with E-state index >= 15 is 0 Å².